The van der Waals surface area contributed by atoms with Crippen molar-refractivity contribution in [3.8, 4) is 11.3 Å². The minimum atomic E-state index is -1.58. The van der Waals surface area contributed by atoms with Crippen molar-refractivity contribution in [2.75, 3.05) is 14.1 Å². The molecule has 0 atom stereocenters. The molecular weight excluding hydrogens is 504 g/mol. The lowest BCUT2D eigenvalue weighted by atomic mass is 9.70. The van der Waals surface area contributed by atoms with Gasteiger partial charge in [0, 0.05) is 5.54 Å². The number of hydrogen-bond acceptors (Lipinski definition) is 6. The van der Waals surface area contributed by atoms with E-state index in [4.69, 9.17) is 26.6 Å². The molecule has 0 aliphatic heterocycles. The average molecular weight is 532 g/mol. The van der Waals surface area contributed by atoms with Crippen LogP contribution in [0.15, 0.2) is 47.0 Å². The molecule has 10 heteroatoms. The van der Waals surface area contributed by atoms with E-state index in [1.807, 2.05) is 25.1 Å². The van der Waals surface area contributed by atoms with E-state index in [-0.39, 0.29) is 46.3 Å². The molecule has 3 aromatic rings. The Hall–Kier alpha value is -3.30. The molecule has 1 fully saturated rings. The number of hydrogen-bond donors (Lipinski definition) is 1. The number of nitrogens with two attached hydrogens (primary N) is 1. The van der Waals surface area contributed by atoms with Crippen LogP contribution in [0.1, 0.15) is 47.4 Å². The summed E-state index contributed by atoms with van der Waals surface area (Å²) < 4.78 is 39.4. The monoisotopic (exact) mass is 531 g/mol. The van der Waals surface area contributed by atoms with Crippen LogP contribution in [-0.4, -0.2) is 47.2 Å². The summed E-state index contributed by atoms with van der Waals surface area (Å²) in [5.41, 5.74) is 4.26. The molecule has 1 aliphatic carbocycles. The predicted octanol–water partition coefficient (Wildman–Crippen LogP) is 5.08. The van der Waals surface area contributed by atoms with Crippen LogP contribution >= 0.6 is 11.6 Å². The zero-order valence-corrected chi connectivity index (χ0v) is 21.6. The number of benzene rings is 2. The third-order valence-corrected chi connectivity index (χ3v) is 7.68. The van der Waals surface area contributed by atoms with Gasteiger partial charge in [0.25, 0.3) is 5.91 Å². The second-order valence-corrected chi connectivity index (χ2v) is 10.1. The van der Waals surface area contributed by atoms with Crippen LogP contribution in [0.5, 0.6) is 0 Å². The van der Waals surface area contributed by atoms with Crippen molar-refractivity contribution in [1.29, 1.82) is 0 Å². The predicted molar refractivity (Wildman–Crippen MR) is 134 cm³/mol. The number of rotatable bonds is 7. The summed E-state index contributed by atoms with van der Waals surface area (Å²) in [6.07, 6.45) is 1.77. The fourth-order valence-corrected chi connectivity index (χ4v) is 5.32. The van der Waals surface area contributed by atoms with Crippen molar-refractivity contribution < 1.29 is 27.6 Å². The van der Waals surface area contributed by atoms with Crippen molar-refractivity contribution >= 4 is 23.5 Å². The Morgan fingerprint density at radius 2 is 1.81 bits per heavy atom. The summed E-state index contributed by atoms with van der Waals surface area (Å²) >= 11 is 6.18. The van der Waals surface area contributed by atoms with Gasteiger partial charge in [0.05, 0.1) is 10.6 Å². The first-order chi connectivity index (χ1) is 17.5. The molecule has 1 amide bonds. The highest BCUT2D eigenvalue weighted by Crippen LogP contribution is 2.43. The number of carbonyl (C=O) groups is 2. The summed E-state index contributed by atoms with van der Waals surface area (Å²) in [6, 6.07) is 10.5. The summed E-state index contributed by atoms with van der Waals surface area (Å²) in [4.78, 5) is 28.1. The Kier molecular flexibility index (Phi) is 7.39. The third-order valence-electron chi connectivity index (χ3n) is 7.36. The Balaban J connectivity index is 1.61. The van der Waals surface area contributed by atoms with Crippen molar-refractivity contribution in [2.45, 2.75) is 50.2 Å². The minimum absolute atomic E-state index is 0.0396. The molecule has 0 radical (unpaired) electrons. The quantitative estimate of drug-likeness (QED) is 0.427. The molecule has 2 N–H and O–H groups in total. The highest BCUT2D eigenvalue weighted by atomic mass is 35.5. The highest BCUT2D eigenvalue weighted by molar-refractivity contribution is 6.33. The Morgan fingerprint density at radius 1 is 1.14 bits per heavy atom. The van der Waals surface area contributed by atoms with Gasteiger partial charge in [0.2, 0.25) is 0 Å². The number of aryl methyl sites for hydroxylation is 1. The van der Waals surface area contributed by atoms with Crippen LogP contribution in [-0.2, 0) is 16.0 Å². The summed E-state index contributed by atoms with van der Waals surface area (Å²) in [7, 11) is 3.85. The van der Waals surface area contributed by atoms with Crippen molar-refractivity contribution in [3.63, 3.8) is 0 Å². The van der Waals surface area contributed by atoms with Gasteiger partial charge in [0.1, 0.15) is 28.7 Å². The second-order valence-electron chi connectivity index (χ2n) is 9.73. The van der Waals surface area contributed by atoms with E-state index >= 15 is 0 Å². The Bertz CT molecular complexity index is 1310. The molecule has 1 aromatic heterocycles. The maximum absolute atomic E-state index is 14.6. The fourth-order valence-electron chi connectivity index (χ4n) is 5.06. The van der Waals surface area contributed by atoms with Gasteiger partial charge in [-0.05, 0) is 83.0 Å². The van der Waals surface area contributed by atoms with Crippen LogP contribution in [0.2, 0.25) is 5.02 Å². The molecule has 2 aromatic carbocycles. The number of ether oxygens (including phenoxy) is 1. The number of nitrogens with zero attached hydrogens (tertiary/aromatic N) is 2. The van der Waals surface area contributed by atoms with Crippen molar-refractivity contribution in [2.24, 2.45) is 5.73 Å². The molecule has 0 unspecified atom stereocenters. The van der Waals surface area contributed by atoms with Gasteiger partial charge >= 0.3 is 5.97 Å². The van der Waals surface area contributed by atoms with E-state index < -0.39 is 28.8 Å². The Morgan fingerprint density at radius 3 is 2.41 bits per heavy atom. The van der Waals surface area contributed by atoms with Gasteiger partial charge in [-0.15, -0.1) is 0 Å². The number of likely N-dealkylation sites (N-methyl/N-ethyl adjacent to an activating group) is 1. The fraction of sp³-hybridized carbons (Fsp3) is 0.370. The van der Waals surface area contributed by atoms with Crippen LogP contribution in [0.3, 0.4) is 0 Å². The lowest BCUT2D eigenvalue weighted by Gasteiger charge is -2.48. The van der Waals surface area contributed by atoms with Gasteiger partial charge in [-0.25, -0.2) is 13.6 Å². The molecule has 196 valence electrons. The van der Waals surface area contributed by atoms with Crippen LogP contribution in [0.25, 0.3) is 11.3 Å². The summed E-state index contributed by atoms with van der Waals surface area (Å²) in [6.45, 7) is 1.48. The van der Waals surface area contributed by atoms with Gasteiger partial charge < -0.3 is 19.9 Å². The maximum atomic E-state index is 14.6. The first kappa shape index (κ1) is 26.8. The topological polar surface area (TPSA) is 98.7 Å². The lowest BCUT2D eigenvalue weighted by molar-refractivity contribution is -0.144. The number of amides is 1. The molecule has 1 heterocycles. The van der Waals surface area contributed by atoms with E-state index in [0.29, 0.717) is 19.3 Å². The number of carbonyl (C=O) groups excluding carboxylic acids is 2. The number of esters is 1. The number of aromatic nitrogens is 1. The first-order valence-corrected chi connectivity index (χ1v) is 12.2. The molecule has 37 heavy (non-hydrogen) atoms. The van der Waals surface area contributed by atoms with Crippen LogP contribution in [0, 0.1) is 18.6 Å². The SMILES string of the molecule is Cc1onc(-c2c(F)cccc2Cl)c1C(=O)OC1(C(N)=O)CCC(Cc2cccc(F)c2)(N(C)C)CC1. The van der Waals surface area contributed by atoms with E-state index in [0.717, 1.165) is 5.56 Å². The molecule has 4 rings (SSSR count). The standard InChI is InChI=1S/C27H28ClF2N3O4/c1-16-21(23(32-37-16)22-19(28)8-5-9-20(22)30)24(34)36-27(25(31)35)12-10-26(11-13-27,33(2)3)15-17-6-4-7-18(29)14-17/h4-9,14H,10-13,15H2,1-3H3,(H2,31,35). The van der Waals surface area contributed by atoms with Gasteiger partial charge in [-0.2, -0.15) is 0 Å². The normalized spacial score (nSPS) is 21.7. The first-order valence-electron chi connectivity index (χ1n) is 11.8. The minimum Gasteiger partial charge on any atom is -0.445 e. The molecule has 7 nitrogen and oxygen atoms in total. The largest absolute Gasteiger partial charge is 0.445 e. The zero-order valence-electron chi connectivity index (χ0n) is 20.8. The van der Waals surface area contributed by atoms with Crippen LogP contribution < -0.4 is 5.73 Å². The average Bonchev–Trinajstić information content (AvgIpc) is 3.21. The van der Waals surface area contributed by atoms with Crippen molar-refractivity contribution in [3.05, 3.63) is 76.0 Å². The van der Waals surface area contributed by atoms with E-state index in [1.165, 1.54) is 37.3 Å². The van der Waals surface area contributed by atoms with Gasteiger partial charge in [-0.1, -0.05) is 35.0 Å². The molecule has 1 saturated carbocycles. The number of halogens is 3. The van der Waals surface area contributed by atoms with Crippen molar-refractivity contribution in [1.82, 2.24) is 10.1 Å². The molecule has 0 bridgehead atoms. The third kappa shape index (κ3) is 5.10. The van der Waals surface area contributed by atoms with E-state index in [2.05, 4.69) is 5.16 Å². The summed E-state index contributed by atoms with van der Waals surface area (Å²) in [5, 5.41) is 3.88. The highest BCUT2D eigenvalue weighted by Gasteiger charge is 2.50. The van der Waals surface area contributed by atoms with E-state index in [1.54, 1.807) is 6.07 Å². The zero-order chi connectivity index (χ0) is 27.0. The molecular formula is C27H28ClF2N3O4. The Labute approximate surface area is 218 Å². The van der Waals surface area contributed by atoms with E-state index in [9.17, 15) is 18.4 Å². The van der Waals surface area contributed by atoms with Crippen LogP contribution in [0.4, 0.5) is 8.78 Å². The maximum Gasteiger partial charge on any atom is 0.345 e. The van der Waals surface area contributed by atoms with Gasteiger partial charge in [0.15, 0.2) is 5.60 Å². The summed E-state index contributed by atoms with van der Waals surface area (Å²) in [5.74, 6) is -2.61. The lowest BCUT2D eigenvalue weighted by Crippen LogP contribution is -2.57. The number of primary amides is 1. The second kappa shape index (κ2) is 10.2. The smallest absolute Gasteiger partial charge is 0.345 e. The molecule has 0 spiro atoms. The molecule has 1 aliphatic rings. The van der Waals surface area contributed by atoms with Gasteiger partial charge in [-0.3, -0.25) is 4.79 Å². The molecule has 0 saturated heterocycles.